The van der Waals surface area contributed by atoms with Gasteiger partial charge in [-0.25, -0.2) is 9.59 Å². The Morgan fingerprint density at radius 1 is 1.36 bits per heavy atom. The van der Waals surface area contributed by atoms with Crippen LogP contribution in [-0.2, 0) is 14.3 Å². The van der Waals surface area contributed by atoms with Crippen molar-refractivity contribution >= 4 is 18.0 Å². The van der Waals surface area contributed by atoms with E-state index in [0.29, 0.717) is 19.4 Å². The van der Waals surface area contributed by atoms with Gasteiger partial charge in [0.15, 0.2) is 0 Å². The van der Waals surface area contributed by atoms with Crippen LogP contribution in [0, 0.1) is 5.92 Å². The van der Waals surface area contributed by atoms with Gasteiger partial charge in [0.25, 0.3) is 0 Å². The molecule has 0 radical (unpaired) electrons. The van der Waals surface area contributed by atoms with Gasteiger partial charge in [-0.05, 0) is 33.6 Å². The molecule has 0 bridgehead atoms. The van der Waals surface area contributed by atoms with Crippen LogP contribution in [0.4, 0.5) is 4.79 Å². The van der Waals surface area contributed by atoms with Crippen LogP contribution in [0.5, 0.6) is 0 Å². The van der Waals surface area contributed by atoms with Gasteiger partial charge in [0.2, 0.25) is 5.91 Å². The molecular weight excluding hydrogens is 292 g/mol. The van der Waals surface area contributed by atoms with Crippen molar-refractivity contribution in [2.45, 2.75) is 45.3 Å². The highest BCUT2D eigenvalue weighted by atomic mass is 16.6. The third-order valence-electron chi connectivity index (χ3n) is 3.24. The van der Waals surface area contributed by atoms with Gasteiger partial charge in [-0.2, -0.15) is 0 Å². The van der Waals surface area contributed by atoms with Crippen molar-refractivity contribution in [1.29, 1.82) is 0 Å². The lowest BCUT2D eigenvalue weighted by Crippen LogP contribution is -2.51. The van der Waals surface area contributed by atoms with Crippen LogP contribution in [0.15, 0.2) is 0 Å². The number of aliphatic hydroxyl groups is 1. The van der Waals surface area contributed by atoms with Crippen LogP contribution >= 0.6 is 0 Å². The van der Waals surface area contributed by atoms with Crippen LogP contribution in [0.3, 0.4) is 0 Å². The van der Waals surface area contributed by atoms with Crippen LogP contribution in [0.2, 0.25) is 0 Å². The summed E-state index contributed by atoms with van der Waals surface area (Å²) in [6, 6.07) is -1.33. The first-order valence-corrected chi connectivity index (χ1v) is 7.26. The molecule has 1 heterocycles. The van der Waals surface area contributed by atoms with E-state index in [0.717, 1.165) is 0 Å². The number of carboxylic acids is 1. The van der Waals surface area contributed by atoms with Crippen LogP contribution in [0.25, 0.3) is 0 Å². The van der Waals surface area contributed by atoms with Gasteiger partial charge in [0, 0.05) is 13.1 Å². The molecule has 22 heavy (non-hydrogen) atoms. The van der Waals surface area contributed by atoms with Gasteiger partial charge in [0.1, 0.15) is 11.6 Å². The van der Waals surface area contributed by atoms with Gasteiger partial charge < -0.3 is 25.2 Å². The Morgan fingerprint density at radius 2 is 2.00 bits per heavy atom. The van der Waals surface area contributed by atoms with Crippen LogP contribution in [0.1, 0.15) is 33.6 Å². The molecule has 3 N–H and O–H groups in total. The van der Waals surface area contributed by atoms with Gasteiger partial charge in [0.05, 0.1) is 12.5 Å². The minimum absolute atomic E-state index is 0.179. The first-order chi connectivity index (χ1) is 10.1. The lowest BCUT2D eigenvalue weighted by atomic mass is 9.97. The van der Waals surface area contributed by atoms with Crippen LogP contribution in [-0.4, -0.2) is 64.4 Å². The summed E-state index contributed by atoms with van der Waals surface area (Å²) < 4.78 is 5.27. The molecule has 1 aliphatic rings. The minimum Gasteiger partial charge on any atom is -0.480 e. The molecule has 126 valence electrons. The Labute approximate surface area is 129 Å². The maximum absolute atomic E-state index is 12.1. The maximum Gasteiger partial charge on any atom is 0.410 e. The van der Waals surface area contributed by atoms with E-state index >= 15 is 0 Å². The number of aliphatic carboxylic acids is 1. The zero-order valence-electron chi connectivity index (χ0n) is 13.2. The molecule has 0 spiro atoms. The standard InChI is InChI=1S/C14H24N2O6/c1-14(2,3)22-13(21)16-6-4-5-9(7-16)11(18)15-10(8-17)12(19)20/h9-10,17H,4-8H2,1-3H3,(H,15,18)(H,19,20). The fraction of sp³-hybridized carbons (Fsp3) is 0.786. The number of hydrogen-bond donors (Lipinski definition) is 3. The number of hydrogen-bond acceptors (Lipinski definition) is 5. The molecule has 1 fully saturated rings. The number of aliphatic hydroxyl groups excluding tert-OH is 1. The molecule has 2 amide bonds. The predicted molar refractivity (Wildman–Crippen MR) is 77.2 cm³/mol. The normalized spacial score (nSPS) is 20.2. The largest absolute Gasteiger partial charge is 0.480 e. The molecular formula is C14H24N2O6. The van der Waals surface area contributed by atoms with Gasteiger partial charge in [-0.15, -0.1) is 0 Å². The number of rotatable bonds is 4. The van der Waals surface area contributed by atoms with E-state index in [2.05, 4.69) is 5.32 Å². The monoisotopic (exact) mass is 316 g/mol. The summed E-state index contributed by atoms with van der Waals surface area (Å²) in [5, 5.41) is 20.0. The maximum atomic E-state index is 12.1. The lowest BCUT2D eigenvalue weighted by molar-refractivity contribution is -0.144. The summed E-state index contributed by atoms with van der Waals surface area (Å²) in [7, 11) is 0. The average Bonchev–Trinajstić information content (AvgIpc) is 2.42. The molecule has 2 atom stereocenters. The molecule has 8 heteroatoms. The van der Waals surface area contributed by atoms with Gasteiger partial charge in [-0.3, -0.25) is 4.79 Å². The molecule has 0 aromatic heterocycles. The fourth-order valence-electron chi connectivity index (χ4n) is 2.16. The van der Waals surface area contributed by atoms with Crippen molar-refractivity contribution in [2.75, 3.05) is 19.7 Å². The van der Waals surface area contributed by atoms with Crippen molar-refractivity contribution in [1.82, 2.24) is 10.2 Å². The van der Waals surface area contributed by atoms with E-state index in [1.54, 1.807) is 20.8 Å². The fourth-order valence-corrected chi connectivity index (χ4v) is 2.16. The quantitative estimate of drug-likeness (QED) is 0.682. The third kappa shape index (κ3) is 5.51. The zero-order valence-corrected chi connectivity index (χ0v) is 13.2. The number of carboxylic acid groups (broad SMARTS) is 1. The zero-order chi connectivity index (χ0) is 16.9. The van der Waals surface area contributed by atoms with Crippen molar-refractivity contribution < 1.29 is 29.3 Å². The van der Waals surface area contributed by atoms with Crippen molar-refractivity contribution in [3.8, 4) is 0 Å². The van der Waals surface area contributed by atoms with E-state index in [1.807, 2.05) is 0 Å². The molecule has 1 aliphatic heterocycles. The first-order valence-electron chi connectivity index (χ1n) is 7.26. The number of ether oxygens (including phenoxy) is 1. The smallest absolute Gasteiger partial charge is 0.410 e. The topological polar surface area (TPSA) is 116 Å². The number of carbonyl (C=O) groups is 3. The Hall–Kier alpha value is -1.83. The minimum atomic E-state index is -1.33. The molecule has 8 nitrogen and oxygen atoms in total. The molecule has 2 unspecified atom stereocenters. The summed E-state index contributed by atoms with van der Waals surface area (Å²) in [6.45, 7) is 5.29. The van der Waals surface area contributed by atoms with Crippen molar-refractivity contribution in [2.24, 2.45) is 5.92 Å². The predicted octanol–water partition coefficient (Wildman–Crippen LogP) is 0.195. The summed E-state index contributed by atoms with van der Waals surface area (Å²) >= 11 is 0. The summed E-state index contributed by atoms with van der Waals surface area (Å²) in [5.41, 5.74) is -0.614. The van der Waals surface area contributed by atoms with E-state index < -0.39 is 42.1 Å². The van der Waals surface area contributed by atoms with E-state index in [1.165, 1.54) is 4.90 Å². The second-order valence-corrected chi connectivity index (χ2v) is 6.35. The molecule has 0 saturated carbocycles. The Bertz CT molecular complexity index is 432. The second-order valence-electron chi connectivity index (χ2n) is 6.35. The highest BCUT2D eigenvalue weighted by Gasteiger charge is 2.32. The summed E-state index contributed by atoms with van der Waals surface area (Å²) in [4.78, 5) is 36.3. The van der Waals surface area contributed by atoms with E-state index in [9.17, 15) is 14.4 Å². The summed E-state index contributed by atoms with van der Waals surface area (Å²) in [6.07, 6.45) is 0.707. The lowest BCUT2D eigenvalue weighted by Gasteiger charge is -2.33. The number of carbonyl (C=O) groups excluding carboxylic acids is 2. The second kappa shape index (κ2) is 7.44. The number of nitrogens with one attached hydrogen (secondary N) is 1. The molecule has 1 rings (SSSR count). The Morgan fingerprint density at radius 3 is 2.50 bits per heavy atom. The molecule has 0 aromatic rings. The average molecular weight is 316 g/mol. The first kappa shape index (κ1) is 18.2. The van der Waals surface area contributed by atoms with Crippen molar-refractivity contribution in [3.63, 3.8) is 0 Å². The number of piperidine rings is 1. The highest BCUT2D eigenvalue weighted by molar-refractivity contribution is 5.85. The highest BCUT2D eigenvalue weighted by Crippen LogP contribution is 2.19. The van der Waals surface area contributed by atoms with Gasteiger partial charge in [-0.1, -0.05) is 0 Å². The SMILES string of the molecule is CC(C)(C)OC(=O)N1CCCC(C(=O)NC(CO)C(=O)O)C1. The van der Waals surface area contributed by atoms with E-state index in [-0.39, 0.29) is 6.54 Å². The third-order valence-corrected chi connectivity index (χ3v) is 3.24. The van der Waals surface area contributed by atoms with Gasteiger partial charge >= 0.3 is 12.1 Å². The number of amides is 2. The number of likely N-dealkylation sites (tertiary alicyclic amines) is 1. The van der Waals surface area contributed by atoms with Crippen LogP contribution < -0.4 is 5.32 Å². The summed E-state index contributed by atoms with van der Waals surface area (Å²) in [5.74, 6) is -2.28. The van der Waals surface area contributed by atoms with E-state index in [4.69, 9.17) is 14.9 Å². The van der Waals surface area contributed by atoms with Crippen molar-refractivity contribution in [3.05, 3.63) is 0 Å². The Kier molecular flexibility index (Phi) is 6.16. The molecule has 1 saturated heterocycles. The number of nitrogens with zero attached hydrogens (tertiary/aromatic N) is 1. The Balaban J connectivity index is 2.60. The molecule has 0 aromatic carbocycles. The molecule has 0 aliphatic carbocycles.